The van der Waals surface area contributed by atoms with Crippen molar-refractivity contribution in [1.82, 2.24) is 16.0 Å². The molecule has 10 saturated heterocycles. The number of aldehydes is 1. The van der Waals surface area contributed by atoms with Gasteiger partial charge in [-0.05, 0) is 0 Å². The summed E-state index contributed by atoms with van der Waals surface area (Å²) in [6.45, 7) is -9.12. The van der Waals surface area contributed by atoms with E-state index in [1.54, 1.807) is 0 Å². The van der Waals surface area contributed by atoms with Gasteiger partial charge in [-0.15, -0.1) is 0 Å². The Kier molecular flexibility index (Phi) is 38.2. The van der Waals surface area contributed by atoms with Gasteiger partial charge in [0.2, 0.25) is 17.7 Å². The smallest absolute Gasteiger partial charge is 0.364 e. The first kappa shape index (κ1) is 108. The lowest BCUT2D eigenvalue weighted by Crippen LogP contribution is -2.71. The molecule has 10 aliphatic rings. The molecule has 51 atom stereocenters. The van der Waals surface area contributed by atoms with E-state index in [1.807, 2.05) is 0 Å². The SMILES string of the molecule is CC(=O)N[C@H]1[C@H](O[C@H]2[C@@H](O)[C@@H](CO)O[C@@H](O[C@H]3[C@H](O)[C@@H](O)[C@H](OC[C@H]4O[C@H](C=O)[C@@H](O)[C@@H]4O[C@@H]4O[C@H](CO)[C@H](O)[C@H](O[C@]5(C(=O)O)C[C@H](O)[C@@H](NC(C)=O)[C@H]([C@H](O)[C@H](O)CO)O5)[C@H]4O)O[C@@H]3CO)[C@@H]2O)O[C@H](CO[C@@H]2O[C@H](CO)[C@@H](O[C@@H]3O[C@H](CO)[C@H](O)[C@H](O)[C@H]3O)[C@H](O)[C@H]2O)[C@@H](O[C@@H]2O[C@H](CO)[C@H](O)[C@H](O[C@]3(C(=O)O)C[C@H](O)[C@@H](NC(C)=O)[C@H]([C@H](O)[C@H](O)CO)O3)[C@H]2O)[C@@H]1O. The van der Waals surface area contributed by atoms with Crippen molar-refractivity contribution in [3.05, 3.63) is 0 Å². The van der Waals surface area contributed by atoms with Gasteiger partial charge in [0.05, 0.1) is 90.4 Å². The molecule has 3 amide bonds. The van der Waals surface area contributed by atoms with E-state index >= 15 is 0 Å². The summed E-state index contributed by atoms with van der Waals surface area (Å²) in [6, 6.07) is -5.72. The number of hydrogen-bond donors (Lipinski definition) is 34. The number of aliphatic carboxylic acids is 2. The fourth-order valence-corrected chi connectivity index (χ4v) is 16.8. The first-order chi connectivity index (χ1) is 61.8. The zero-order chi connectivity index (χ0) is 96.9. The van der Waals surface area contributed by atoms with Crippen molar-refractivity contribution in [3.63, 3.8) is 0 Å². The largest absolute Gasteiger partial charge is 0.477 e. The van der Waals surface area contributed by atoms with Gasteiger partial charge in [0, 0.05) is 33.6 Å². The maximum absolute atomic E-state index is 13.4. The minimum absolute atomic E-state index is 0.0537. The predicted octanol–water partition coefficient (Wildman–Crippen LogP) is -23.1. The Labute approximate surface area is 738 Å². The van der Waals surface area contributed by atoms with Gasteiger partial charge < -0.3 is 269 Å². The molecule has 0 aromatic carbocycles. The fraction of sp³-hybridized carbons (Fsp3) is 0.917. The van der Waals surface area contributed by atoms with E-state index in [4.69, 9.17) is 90.0 Å². The average Bonchev–Trinajstić information content (AvgIpc) is 1.46. The van der Waals surface area contributed by atoms with Gasteiger partial charge in [0.25, 0.3) is 11.6 Å². The standard InChI is InChI=1S/C72H117N3O56/c1-17(85)73-33-20(88)4-71(69(109)110,128-57(33)36(92)22(90)6-76)130-60-41(97)27(11-81)118-67(51(60)107)125-55-31(115-25(9-79)39(55)95)15-113-63-49(105)46(102)54(30(14-84)121-63)124-66-50(106)59(40(96)26(10-80)117-66)127-62-35(75-19(3)87)43(99)56(32(122-62)16-114-64-48(104)45(101)53(29(13-83)120-64)123-65-47(103)44(100)38(94)24(8-78)116-65)126-68-52(108)61(42(98)28(12-82)119-68)131-72(70(111)112)5-21(89)34(74-18(2)86)58(129-72)37(93)23(91)7-77/h9,20-68,76-78,80-84,88-108H,4-8,10-16H2,1-3H3,(H,73,85)(H,74,86)(H,75,87)(H,109,110)(H,111,112)/t20-,21-,22+,23+,24+,25+,26+,27+,28+,29+,30+,31+,32+,33+,34+,35+,36+,37+,38-,39+,40-,41-,42-,43+,44-,45+,46+,47+,48+,49+,50+,51+,52+,53+,54+,55+,56+,57+,58+,59-,60-,61-,62-,63+,64+,65-,66-,67-,68-,71-,72-/m0/s1. The van der Waals surface area contributed by atoms with Gasteiger partial charge in [-0.3, -0.25) is 14.4 Å². The van der Waals surface area contributed by atoms with Crippen molar-refractivity contribution in [1.29, 1.82) is 0 Å². The quantitative estimate of drug-likeness (QED) is 0.0255. The van der Waals surface area contributed by atoms with Gasteiger partial charge in [-0.2, -0.15) is 0 Å². The normalized spacial score (nSPS) is 47.4. The van der Waals surface area contributed by atoms with Crippen LogP contribution in [0, 0.1) is 0 Å². The molecular weight excluding hydrogens is 1800 g/mol. The van der Waals surface area contributed by atoms with Crippen molar-refractivity contribution >= 4 is 35.9 Å². The van der Waals surface area contributed by atoms with Crippen LogP contribution in [-0.4, -0.2) is 572 Å². The molecule has 10 aliphatic heterocycles. The zero-order valence-electron chi connectivity index (χ0n) is 69.4. The molecule has 0 unspecified atom stereocenters. The summed E-state index contributed by atoms with van der Waals surface area (Å²) < 4.78 is 110. The fourth-order valence-electron chi connectivity index (χ4n) is 16.8. The van der Waals surface area contributed by atoms with Crippen LogP contribution in [0.25, 0.3) is 0 Å². The van der Waals surface area contributed by atoms with Crippen LogP contribution in [0.4, 0.5) is 0 Å². The summed E-state index contributed by atoms with van der Waals surface area (Å²) in [7, 11) is 0. The maximum Gasteiger partial charge on any atom is 0.364 e. The summed E-state index contributed by atoms with van der Waals surface area (Å²) in [5, 5.41) is 350. The molecule has 0 bridgehead atoms. The van der Waals surface area contributed by atoms with Crippen molar-refractivity contribution < 1.29 is 277 Å². The summed E-state index contributed by atoms with van der Waals surface area (Å²) >= 11 is 0. The van der Waals surface area contributed by atoms with Crippen molar-refractivity contribution in [2.75, 3.05) is 66.1 Å². The summed E-state index contributed by atoms with van der Waals surface area (Å²) in [6.07, 6.45) is -104. The minimum atomic E-state index is -3.39. The molecule has 10 rings (SSSR count). The Balaban J connectivity index is 0.889. The zero-order valence-corrected chi connectivity index (χ0v) is 69.4. The second-order valence-corrected chi connectivity index (χ2v) is 32.8. The molecule has 10 fully saturated rings. The van der Waals surface area contributed by atoms with E-state index < -0.39 is 420 Å². The lowest BCUT2D eigenvalue weighted by atomic mass is 9.88. The van der Waals surface area contributed by atoms with E-state index in [1.165, 1.54) is 0 Å². The molecule has 0 aromatic rings. The summed E-state index contributed by atoms with van der Waals surface area (Å²) in [5.41, 5.74) is 0. The Hall–Kier alpha value is -4.90. The summed E-state index contributed by atoms with van der Waals surface area (Å²) in [5.74, 6) is -13.9. The van der Waals surface area contributed by atoms with Gasteiger partial charge in [-0.25, -0.2) is 9.59 Å². The number of carboxylic acids is 2. The number of aliphatic hydroxyl groups is 29. The highest BCUT2D eigenvalue weighted by atomic mass is 16.8. The van der Waals surface area contributed by atoms with Crippen LogP contribution in [0.3, 0.4) is 0 Å². The molecular formula is C72H117N3O56. The summed E-state index contributed by atoms with van der Waals surface area (Å²) in [4.78, 5) is 76.8. The van der Waals surface area contributed by atoms with E-state index in [9.17, 15) is 187 Å². The molecule has 0 spiro atoms. The molecule has 59 heteroatoms. The van der Waals surface area contributed by atoms with E-state index in [0.717, 1.165) is 20.8 Å². The highest BCUT2D eigenvalue weighted by Gasteiger charge is 2.65. The van der Waals surface area contributed by atoms with E-state index in [-0.39, 0.29) is 6.29 Å². The first-order valence-corrected chi connectivity index (χ1v) is 41.1. The minimum Gasteiger partial charge on any atom is -0.477 e. The second kappa shape index (κ2) is 46.3. The number of ether oxygens (including phenoxy) is 19. The van der Waals surface area contributed by atoms with Crippen LogP contribution in [0.2, 0.25) is 0 Å². The van der Waals surface area contributed by atoms with Crippen LogP contribution >= 0.6 is 0 Å². The maximum atomic E-state index is 13.4. The Morgan fingerprint density at radius 1 is 0.336 bits per heavy atom. The Bertz CT molecular complexity index is 3650. The number of carbonyl (C=O) groups is 6. The molecule has 0 saturated carbocycles. The van der Waals surface area contributed by atoms with Gasteiger partial charge in [-0.1, -0.05) is 0 Å². The number of amides is 3. The number of aliphatic hydroxyl groups excluding tert-OH is 29. The highest BCUT2D eigenvalue weighted by molar-refractivity contribution is 5.77. The lowest BCUT2D eigenvalue weighted by Gasteiger charge is -2.51. The number of rotatable bonds is 38. The second-order valence-electron chi connectivity index (χ2n) is 32.8. The van der Waals surface area contributed by atoms with Crippen LogP contribution in [0.15, 0.2) is 0 Å². The molecule has 0 radical (unpaired) electrons. The van der Waals surface area contributed by atoms with Crippen LogP contribution in [0.5, 0.6) is 0 Å². The monoisotopic (exact) mass is 1920 g/mol. The molecule has 34 N–H and O–H groups in total. The third kappa shape index (κ3) is 23.3. The number of carbonyl (C=O) groups excluding carboxylic acids is 4. The molecule has 0 aromatic heterocycles. The van der Waals surface area contributed by atoms with E-state index in [0.29, 0.717) is 0 Å². The first-order valence-electron chi connectivity index (χ1n) is 41.1. The van der Waals surface area contributed by atoms with Crippen molar-refractivity contribution in [3.8, 4) is 0 Å². The lowest BCUT2D eigenvalue weighted by molar-refractivity contribution is -0.394. The molecule has 0 aliphatic carbocycles. The predicted molar refractivity (Wildman–Crippen MR) is 397 cm³/mol. The number of hydrogen-bond acceptors (Lipinski definition) is 54. The van der Waals surface area contributed by atoms with Gasteiger partial charge in [0.1, 0.15) is 232 Å². The molecule has 756 valence electrons. The Morgan fingerprint density at radius 3 is 0.985 bits per heavy atom. The van der Waals surface area contributed by atoms with Crippen LogP contribution in [-0.2, 0) is 119 Å². The van der Waals surface area contributed by atoms with Crippen molar-refractivity contribution in [2.24, 2.45) is 0 Å². The topological polar surface area (TPSA) is 941 Å². The molecule has 10 heterocycles. The molecule has 59 nitrogen and oxygen atoms in total. The number of nitrogens with one attached hydrogen (secondary N) is 3. The van der Waals surface area contributed by atoms with Gasteiger partial charge >= 0.3 is 11.9 Å². The van der Waals surface area contributed by atoms with E-state index in [2.05, 4.69) is 16.0 Å². The van der Waals surface area contributed by atoms with Crippen LogP contribution < -0.4 is 16.0 Å². The highest BCUT2D eigenvalue weighted by Crippen LogP contribution is 2.44. The Morgan fingerprint density at radius 2 is 0.634 bits per heavy atom. The third-order valence-corrected chi connectivity index (χ3v) is 23.8. The van der Waals surface area contributed by atoms with Crippen LogP contribution in [0.1, 0.15) is 33.6 Å². The third-order valence-electron chi connectivity index (χ3n) is 23.8. The van der Waals surface area contributed by atoms with Gasteiger partial charge in [0.15, 0.2) is 50.3 Å². The number of carboxylic acid groups (broad SMARTS) is 2. The molecule has 131 heavy (non-hydrogen) atoms. The van der Waals surface area contributed by atoms with Crippen molar-refractivity contribution in [2.45, 2.75) is 345 Å². The average molecular weight is 1920 g/mol.